The van der Waals surface area contributed by atoms with Gasteiger partial charge >= 0.3 is 5.97 Å². The van der Waals surface area contributed by atoms with E-state index in [0.717, 1.165) is 38.0 Å². The van der Waals surface area contributed by atoms with Crippen molar-refractivity contribution in [2.75, 3.05) is 32.6 Å². The molecule has 0 aliphatic carbocycles. The molecule has 1 aromatic carbocycles. The van der Waals surface area contributed by atoms with Gasteiger partial charge in [-0.15, -0.1) is 0 Å². The number of hydrogen-bond donors (Lipinski definition) is 1. The zero-order chi connectivity index (χ0) is 14.5. The summed E-state index contributed by atoms with van der Waals surface area (Å²) in [5.41, 5.74) is 1.30. The van der Waals surface area contributed by atoms with E-state index in [9.17, 15) is 4.79 Å². The molecule has 1 unspecified atom stereocenters. The molecule has 1 aliphatic rings. The summed E-state index contributed by atoms with van der Waals surface area (Å²) in [4.78, 5) is 14.1. The molecule has 1 N–H and O–H groups in total. The van der Waals surface area contributed by atoms with E-state index in [1.165, 1.54) is 7.11 Å². The van der Waals surface area contributed by atoms with Crippen LogP contribution in [0, 0.1) is 0 Å². The number of anilines is 1. The van der Waals surface area contributed by atoms with Gasteiger partial charge in [0.2, 0.25) is 0 Å². The first-order valence-corrected chi connectivity index (χ1v) is 7.31. The van der Waals surface area contributed by atoms with Crippen molar-refractivity contribution in [1.29, 1.82) is 0 Å². The van der Waals surface area contributed by atoms with Crippen LogP contribution in [0.25, 0.3) is 0 Å². The maximum atomic E-state index is 11.8. The molecule has 1 saturated heterocycles. The molecule has 0 amide bonds. The van der Waals surface area contributed by atoms with Crippen molar-refractivity contribution in [3.05, 3.63) is 28.8 Å². The number of hydrogen-bond acceptors (Lipinski definition) is 4. The van der Waals surface area contributed by atoms with Crippen molar-refractivity contribution in [1.82, 2.24) is 4.90 Å². The number of methoxy groups -OCH3 is 1. The lowest BCUT2D eigenvalue weighted by atomic mass is 10.1. The molecule has 2 rings (SSSR count). The highest BCUT2D eigenvalue weighted by atomic mass is 35.5. The molecule has 1 heterocycles. The van der Waals surface area contributed by atoms with Crippen LogP contribution in [0.3, 0.4) is 0 Å². The molecule has 5 heteroatoms. The molecule has 0 saturated carbocycles. The Morgan fingerprint density at radius 1 is 1.40 bits per heavy atom. The third-order valence-corrected chi connectivity index (χ3v) is 3.93. The van der Waals surface area contributed by atoms with Crippen molar-refractivity contribution in [2.24, 2.45) is 0 Å². The summed E-state index contributed by atoms with van der Waals surface area (Å²) in [6.45, 7) is 2.18. The average Bonchev–Trinajstić information content (AvgIpc) is 2.63. The Hall–Kier alpha value is -1.26. The molecule has 20 heavy (non-hydrogen) atoms. The number of nitrogens with zero attached hydrogens (tertiary/aromatic N) is 1. The second kappa shape index (κ2) is 6.95. The van der Waals surface area contributed by atoms with Crippen molar-refractivity contribution < 1.29 is 9.53 Å². The fraction of sp³-hybridized carbons (Fsp3) is 0.533. The molecule has 0 radical (unpaired) electrons. The zero-order valence-corrected chi connectivity index (χ0v) is 12.7. The van der Waals surface area contributed by atoms with E-state index in [4.69, 9.17) is 16.3 Å². The van der Waals surface area contributed by atoms with Gasteiger partial charge in [0, 0.05) is 11.1 Å². The van der Waals surface area contributed by atoms with Crippen molar-refractivity contribution >= 4 is 23.3 Å². The van der Waals surface area contributed by atoms with Gasteiger partial charge in [0.15, 0.2) is 0 Å². The molecule has 110 valence electrons. The number of benzene rings is 1. The van der Waals surface area contributed by atoms with Crippen LogP contribution in [0.4, 0.5) is 5.69 Å². The summed E-state index contributed by atoms with van der Waals surface area (Å²) in [7, 11) is 3.53. The highest BCUT2D eigenvalue weighted by Gasteiger charge is 2.18. The first-order chi connectivity index (χ1) is 9.60. The Labute approximate surface area is 125 Å². The Morgan fingerprint density at radius 3 is 2.95 bits per heavy atom. The number of carbonyl (C=O) groups excluding carboxylic acids is 1. The van der Waals surface area contributed by atoms with Crippen LogP contribution < -0.4 is 5.32 Å². The number of nitrogens with one attached hydrogen (secondary N) is 1. The summed E-state index contributed by atoms with van der Waals surface area (Å²) in [6, 6.07) is 5.57. The van der Waals surface area contributed by atoms with Crippen LogP contribution in [-0.2, 0) is 4.74 Å². The number of halogens is 1. The quantitative estimate of drug-likeness (QED) is 0.871. The van der Waals surface area contributed by atoms with Gasteiger partial charge in [-0.05, 0) is 57.6 Å². The van der Waals surface area contributed by atoms with Crippen LogP contribution in [-0.4, -0.2) is 44.2 Å². The SMILES string of the molecule is COC(=O)c1ccc(Cl)cc1NC1CCCN(C)CC1. The van der Waals surface area contributed by atoms with Crippen LogP contribution in [0.5, 0.6) is 0 Å². The Morgan fingerprint density at radius 2 is 2.20 bits per heavy atom. The van der Waals surface area contributed by atoms with Gasteiger partial charge in [0.25, 0.3) is 0 Å². The predicted molar refractivity (Wildman–Crippen MR) is 81.6 cm³/mol. The van der Waals surface area contributed by atoms with Crippen molar-refractivity contribution in [3.8, 4) is 0 Å². The molecule has 4 nitrogen and oxygen atoms in total. The van der Waals surface area contributed by atoms with Gasteiger partial charge in [0.05, 0.1) is 18.4 Å². The Bertz CT molecular complexity index is 479. The van der Waals surface area contributed by atoms with Crippen LogP contribution in [0.2, 0.25) is 5.02 Å². The summed E-state index contributed by atoms with van der Waals surface area (Å²) >= 11 is 6.04. The van der Waals surface area contributed by atoms with Gasteiger partial charge in [-0.2, -0.15) is 0 Å². The third-order valence-electron chi connectivity index (χ3n) is 3.70. The first-order valence-electron chi connectivity index (χ1n) is 6.93. The van der Waals surface area contributed by atoms with Gasteiger partial charge in [0.1, 0.15) is 0 Å². The van der Waals surface area contributed by atoms with Crippen molar-refractivity contribution in [2.45, 2.75) is 25.3 Å². The lowest BCUT2D eigenvalue weighted by molar-refractivity contribution is 0.0602. The molecular formula is C15H21ClN2O2. The number of likely N-dealkylation sites (tertiary alicyclic amines) is 1. The minimum absolute atomic E-state index is 0.338. The number of ether oxygens (including phenoxy) is 1. The fourth-order valence-electron chi connectivity index (χ4n) is 2.53. The maximum Gasteiger partial charge on any atom is 0.339 e. The monoisotopic (exact) mass is 296 g/mol. The minimum Gasteiger partial charge on any atom is -0.465 e. The Kier molecular flexibility index (Phi) is 5.26. The largest absolute Gasteiger partial charge is 0.465 e. The van der Waals surface area contributed by atoms with E-state index in [1.54, 1.807) is 18.2 Å². The number of esters is 1. The molecule has 1 aliphatic heterocycles. The zero-order valence-electron chi connectivity index (χ0n) is 12.0. The van der Waals surface area contributed by atoms with Crippen LogP contribution >= 0.6 is 11.6 Å². The highest BCUT2D eigenvalue weighted by Crippen LogP contribution is 2.24. The summed E-state index contributed by atoms with van der Waals surface area (Å²) in [6.07, 6.45) is 3.31. The van der Waals surface area contributed by atoms with E-state index in [1.807, 2.05) is 0 Å². The first kappa shape index (κ1) is 15.1. The summed E-state index contributed by atoms with van der Waals surface area (Å²) in [5.74, 6) is -0.338. The lowest BCUT2D eigenvalue weighted by Gasteiger charge is -2.20. The minimum atomic E-state index is -0.338. The standard InChI is InChI=1S/C15H21ClN2O2/c1-18-8-3-4-12(7-9-18)17-14-10-11(16)5-6-13(14)15(19)20-2/h5-6,10,12,17H,3-4,7-9H2,1-2H3. The molecule has 0 aromatic heterocycles. The fourth-order valence-corrected chi connectivity index (χ4v) is 2.70. The van der Waals surface area contributed by atoms with E-state index >= 15 is 0 Å². The summed E-state index contributed by atoms with van der Waals surface area (Å²) < 4.78 is 4.82. The van der Waals surface area contributed by atoms with Crippen LogP contribution in [0.1, 0.15) is 29.6 Å². The molecule has 0 bridgehead atoms. The number of carbonyl (C=O) groups is 1. The maximum absolute atomic E-state index is 11.8. The van der Waals surface area contributed by atoms with Gasteiger partial charge in [-0.1, -0.05) is 11.6 Å². The second-order valence-corrected chi connectivity index (χ2v) is 5.69. The van der Waals surface area contributed by atoms with Gasteiger partial charge in [-0.25, -0.2) is 4.79 Å². The molecule has 1 aromatic rings. The topological polar surface area (TPSA) is 41.6 Å². The van der Waals surface area contributed by atoms with E-state index in [0.29, 0.717) is 16.6 Å². The lowest BCUT2D eigenvalue weighted by Crippen LogP contribution is -2.24. The molecule has 0 spiro atoms. The van der Waals surface area contributed by atoms with Crippen molar-refractivity contribution in [3.63, 3.8) is 0 Å². The molecular weight excluding hydrogens is 276 g/mol. The average molecular weight is 297 g/mol. The van der Waals surface area contributed by atoms with Gasteiger partial charge < -0.3 is 15.0 Å². The summed E-state index contributed by atoms with van der Waals surface area (Å²) in [5, 5.41) is 4.07. The number of rotatable bonds is 3. The van der Waals surface area contributed by atoms with E-state index < -0.39 is 0 Å². The van der Waals surface area contributed by atoms with Gasteiger partial charge in [-0.3, -0.25) is 0 Å². The van der Waals surface area contributed by atoms with Crippen LogP contribution in [0.15, 0.2) is 18.2 Å². The third kappa shape index (κ3) is 3.87. The molecule has 1 atom stereocenters. The normalized spacial score (nSPS) is 20.2. The highest BCUT2D eigenvalue weighted by molar-refractivity contribution is 6.31. The smallest absolute Gasteiger partial charge is 0.339 e. The second-order valence-electron chi connectivity index (χ2n) is 5.26. The predicted octanol–water partition coefficient (Wildman–Crippen LogP) is 3.02. The van der Waals surface area contributed by atoms with E-state index in [-0.39, 0.29) is 5.97 Å². The van der Waals surface area contributed by atoms with E-state index in [2.05, 4.69) is 17.3 Å². The molecule has 1 fully saturated rings. The Balaban J connectivity index is 2.15.